The lowest BCUT2D eigenvalue weighted by Crippen LogP contribution is -2.05. The van der Waals surface area contributed by atoms with Gasteiger partial charge < -0.3 is 5.32 Å². The van der Waals surface area contributed by atoms with Gasteiger partial charge in [-0.3, -0.25) is 4.98 Å². The number of aromatic nitrogens is 1. The normalized spacial score (nSPS) is 12.6. The average molecular weight is 661 g/mol. The molecular weight excluding hydrogens is 629 g/mol. The van der Waals surface area contributed by atoms with Crippen LogP contribution in [0.4, 0.5) is 5.69 Å². The minimum atomic E-state index is 0.836. The Labute approximate surface area is 301 Å². The third-order valence-corrected chi connectivity index (χ3v) is 11.0. The summed E-state index contributed by atoms with van der Waals surface area (Å²) in [5, 5.41) is 17.3. The van der Waals surface area contributed by atoms with E-state index in [1.165, 1.54) is 87.2 Å². The highest BCUT2D eigenvalue weighted by Gasteiger charge is 2.14. The molecule has 2 nitrogen and oxygen atoms in total. The first-order valence-corrected chi connectivity index (χ1v) is 18.0. The van der Waals surface area contributed by atoms with Gasteiger partial charge in [-0.2, -0.15) is 0 Å². The van der Waals surface area contributed by atoms with E-state index >= 15 is 0 Å². The molecule has 1 aliphatic rings. The highest BCUT2D eigenvalue weighted by Crippen LogP contribution is 2.40. The Hall–Kier alpha value is -6.77. The predicted octanol–water partition coefficient (Wildman–Crippen LogP) is 13.4. The van der Waals surface area contributed by atoms with Crippen LogP contribution in [0.5, 0.6) is 0 Å². The lowest BCUT2D eigenvalue weighted by atomic mass is 9.90. The number of hydrogen-bond donors (Lipinski definition) is 1. The number of pyridine rings is 1. The number of fused-ring (bicyclic) bond motifs is 11. The highest BCUT2D eigenvalue weighted by molar-refractivity contribution is 6.26. The van der Waals surface area contributed by atoms with Gasteiger partial charge in [-0.25, -0.2) is 0 Å². The molecule has 0 fully saturated rings. The van der Waals surface area contributed by atoms with Gasteiger partial charge in [0.25, 0.3) is 0 Å². The van der Waals surface area contributed by atoms with Crippen LogP contribution in [0.2, 0.25) is 0 Å². The fourth-order valence-electron chi connectivity index (χ4n) is 8.34. The van der Waals surface area contributed by atoms with Crippen molar-refractivity contribution in [2.45, 2.75) is 0 Å². The Kier molecular flexibility index (Phi) is 6.35. The van der Waals surface area contributed by atoms with Gasteiger partial charge >= 0.3 is 0 Å². The number of hydrogen-bond acceptors (Lipinski definition) is 2. The fraction of sp³-hybridized carbons (Fsp3) is 0.0200. The monoisotopic (exact) mass is 660 g/mol. The molecule has 0 spiro atoms. The van der Waals surface area contributed by atoms with Gasteiger partial charge in [0, 0.05) is 23.7 Å². The van der Waals surface area contributed by atoms with Gasteiger partial charge in [-0.15, -0.1) is 0 Å². The molecule has 10 aromatic rings. The van der Waals surface area contributed by atoms with Gasteiger partial charge in [-0.1, -0.05) is 133 Å². The number of nitrogens with zero attached hydrogens (tertiary/aromatic N) is 1. The van der Waals surface area contributed by atoms with Crippen LogP contribution in [0, 0.1) is 0 Å². The quantitative estimate of drug-likeness (QED) is 0.191. The minimum Gasteiger partial charge on any atom is -0.379 e. The summed E-state index contributed by atoms with van der Waals surface area (Å²) < 4.78 is 0. The standard InChI is InChI=1S/C50H32N2/c1-2-7-33-24-36(13-11-31(33)6-1)39-19-21-45-46-22-20-40(29-48(46)44-10-4-3-9-43(44)47(45)28-39)37-15-14-35-26-38(17-16-34(35)25-37)42-27-41-18-12-32-8-5-23-51-49(32)50(41)52-30-42/h1-22,24-30,51H,23H2. The maximum Gasteiger partial charge on any atom is 0.0939 e. The van der Waals surface area contributed by atoms with Crippen LogP contribution in [0.15, 0.2) is 170 Å². The number of nitrogens with one attached hydrogen (secondary N) is 1. The second-order valence-electron chi connectivity index (χ2n) is 14.0. The lowest BCUT2D eigenvalue weighted by Gasteiger charge is -2.15. The molecule has 52 heavy (non-hydrogen) atoms. The van der Waals surface area contributed by atoms with Crippen LogP contribution in [0.1, 0.15) is 5.56 Å². The Bertz CT molecular complexity index is 3110. The lowest BCUT2D eigenvalue weighted by molar-refractivity contribution is 1.30. The van der Waals surface area contributed by atoms with E-state index in [2.05, 4.69) is 175 Å². The van der Waals surface area contributed by atoms with Gasteiger partial charge in [0.2, 0.25) is 0 Å². The van der Waals surface area contributed by atoms with Crippen molar-refractivity contribution >= 4 is 76.5 Å². The number of rotatable bonds is 3. The predicted molar refractivity (Wildman–Crippen MR) is 223 cm³/mol. The van der Waals surface area contributed by atoms with E-state index < -0.39 is 0 Å². The van der Waals surface area contributed by atoms with Crippen molar-refractivity contribution in [3.05, 3.63) is 176 Å². The molecule has 0 saturated heterocycles. The Balaban J connectivity index is 0.978. The molecular formula is C50H32N2. The Morgan fingerprint density at radius 3 is 1.54 bits per heavy atom. The summed E-state index contributed by atoms with van der Waals surface area (Å²) in [4.78, 5) is 4.90. The average Bonchev–Trinajstić information content (AvgIpc) is 3.22. The summed E-state index contributed by atoms with van der Waals surface area (Å²) in [6, 6.07) is 58.4. The molecule has 1 aliphatic heterocycles. The zero-order chi connectivity index (χ0) is 34.2. The van der Waals surface area contributed by atoms with E-state index in [1.807, 2.05) is 6.20 Å². The first-order valence-electron chi connectivity index (χ1n) is 18.0. The third kappa shape index (κ3) is 4.62. The maximum atomic E-state index is 4.90. The Morgan fingerprint density at radius 2 is 0.865 bits per heavy atom. The summed E-state index contributed by atoms with van der Waals surface area (Å²) >= 11 is 0. The fourth-order valence-corrected chi connectivity index (χ4v) is 8.34. The molecule has 242 valence electrons. The second kappa shape index (κ2) is 11.4. The van der Waals surface area contributed by atoms with E-state index in [0.29, 0.717) is 0 Å². The molecule has 0 unspecified atom stereocenters. The van der Waals surface area contributed by atoms with Crippen molar-refractivity contribution in [1.82, 2.24) is 4.98 Å². The van der Waals surface area contributed by atoms with Crippen molar-refractivity contribution in [2.75, 3.05) is 11.9 Å². The molecule has 0 bridgehead atoms. The van der Waals surface area contributed by atoms with E-state index in [-0.39, 0.29) is 0 Å². The molecule has 0 saturated carbocycles. The summed E-state index contributed by atoms with van der Waals surface area (Å²) in [7, 11) is 0. The summed E-state index contributed by atoms with van der Waals surface area (Å²) in [6.45, 7) is 0.836. The van der Waals surface area contributed by atoms with Gasteiger partial charge in [0.1, 0.15) is 0 Å². The summed E-state index contributed by atoms with van der Waals surface area (Å²) in [6.07, 6.45) is 6.32. The van der Waals surface area contributed by atoms with Crippen LogP contribution >= 0.6 is 0 Å². The van der Waals surface area contributed by atoms with Crippen molar-refractivity contribution in [3.63, 3.8) is 0 Å². The third-order valence-electron chi connectivity index (χ3n) is 11.0. The molecule has 9 aromatic carbocycles. The van der Waals surface area contributed by atoms with Crippen LogP contribution in [0.25, 0.3) is 104 Å². The van der Waals surface area contributed by atoms with E-state index in [4.69, 9.17) is 4.98 Å². The maximum absolute atomic E-state index is 4.90. The molecule has 1 aromatic heterocycles. The van der Waals surface area contributed by atoms with Crippen molar-refractivity contribution in [2.24, 2.45) is 0 Å². The first-order chi connectivity index (χ1) is 25.7. The summed E-state index contributed by atoms with van der Waals surface area (Å²) in [5.74, 6) is 0. The number of anilines is 1. The van der Waals surface area contributed by atoms with Crippen LogP contribution in [-0.2, 0) is 0 Å². The van der Waals surface area contributed by atoms with Crippen molar-refractivity contribution in [3.8, 4) is 33.4 Å². The topological polar surface area (TPSA) is 24.9 Å². The van der Waals surface area contributed by atoms with Gasteiger partial charge in [-0.05, 0) is 124 Å². The molecule has 0 amide bonds. The van der Waals surface area contributed by atoms with E-state index in [9.17, 15) is 0 Å². The largest absolute Gasteiger partial charge is 0.379 e. The van der Waals surface area contributed by atoms with E-state index in [1.54, 1.807) is 0 Å². The zero-order valence-electron chi connectivity index (χ0n) is 28.4. The van der Waals surface area contributed by atoms with Crippen LogP contribution in [0.3, 0.4) is 0 Å². The highest BCUT2D eigenvalue weighted by atomic mass is 14.9. The van der Waals surface area contributed by atoms with Crippen molar-refractivity contribution < 1.29 is 0 Å². The molecule has 0 atom stereocenters. The molecule has 2 heteroatoms. The second-order valence-corrected chi connectivity index (χ2v) is 14.0. The van der Waals surface area contributed by atoms with Crippen LogP contribution in [-0.4, -0.2) is 11.5 Å². The number of benzene rings is 9. The SMILES string of the molecule is C1=Cc2ccc3cc(-c4ccc5cc(-c6ccc7c8ccc(-c9ccc%10ccccc%10c9)cc8c8ccccc8c7c6)ccc5c4)cnc3c2NC1. The van der Waals surface area contributed by atoms with Gasteiger partial charge in [0.05, 0.1) is 11.2 Å². The van der Waals surface area contributed by atoms with Gasteiger partial charge in [0.15, 0.2) is 0 Å². The molecule has 0 aliphatic carbocycles. The molecule has 2 heterocycles. The molecule has 0 radical (unpaired) electrons. The van der Waals surface area contributed by atoms with Crippen molar-refractivity contribution in [1.29, 1.82) is 0 Å². The van der Waals surface area contributed by atoms with E-state index in [0.717, 1.165) is 28.7 Å². The Morgan fingerprint density at radius 1 is 0.385 bits per heavy atom. The summed E-state index contributed by atoms with van der Waals surface area (Å²) in [5.41, 5.74) is 10.6. The minimum absolute atomic E-state index is 0.836. The first kappa shape index (κ1) is 29.0. The molecule has 1 N–H and O–H groups in total. The smallest absolute Gasteiger partial charge is 0.0939 e. The van der Waals surface area contributed by atoms with Crippen LogP contribution < -0.4 is 5.32 Å². The molecule has 11 rings (SSSR count). The zero-order valence-corrected chi connectivity index (χ0v) is 28.4.